The Morgan fingerprint density at radius 1 is 1.00 bits per heavy atom. The lowest BCUT2D eigenvalue weighted by Gasteiger charge is -2.45. The highest BCUT2D eigenvalue weighted by molar-refractivity contribution is 5.08. The molecule has 0 amide bonds. The van der Waals surface area contributed by atoms with Crippen LogP contribution in [0.3, 0.4) is 0 Å². The molecule has 2 saturated carbocycles. The number of hydrogen-bond donors (Lipinski definition) is 2. The number of nitrogens with one attached hydrogen (secondary N) is 2. The summed E-state index contributed by atoms with van der Waals surface area (Å²) in [5.41, 5.74) is 0.891. The Labute approximate surface area is 86.8 Å². The molecule has 1 saturated heterocycles. The molecule has 1 aliphatic heterocycles. The van der Waals surface area contributed by atoms with E-state index >= 15 is 0 Å². The Balaban J connectivity index is 1.66. The third kappa shape index (κ3) is 1.40. The van der Waals surface area contributed by atoms with Crippen LogP contribution in [0.15, 0.2) is 0 Å². The van der Waals surface area contributed by atoms with Crippen molar-refractivity contribution < 1.29 is 0 Å². The second-order valence-corrected chi connectivity index (χ2v) is 5.89. The van der Waals surface area contributed by atoms with Crippen LogP contribution < -0.4 is 10.6 Å². The van der Waals surface area contributed by atoms with E-state index in [1.165, 1.54) is 51.6 Å². The molecule has 2 nitrogen and oxygen atoms in total. The van der Waals surface area contributed by atoms with Crippen molar-refractivity contribution in [2.24, 2.45) is 5.92 Å². The van der Waals surface area contributed by atoms with Crippen molar-refractivity contribution in [1.82, 2.24) is 10.6 Å². The maximum Gasteiger partial charge on any atom is 0.0307 e. The summed E-state index contributed by atoms with van der Waals surface area (Å²) >= 11 is 0. The zero-order valence-corrected chi connectivity index (χ0v) is 9.23. The first-order valence-corrected chi connectivity index (χ1v) is 6.23. The van der Waals surface area contributed by atoms with Crippen LogP contribution in [0.4, 0.5) is 0 Å². The SMILES string of the molecule is CC1(C2CC2)CNC2(CCCC2)CN1. The van der Waals surface area contributed by atoms with Gasteiger partial charge in [0.1, 0.15) is 0 Å². The lowest BCUT2D eigenvalue weighted by Crippen LogP contribution is -2.67. The summed E-state index contributed by atoms with van der Waals surface area (Å²) < 4.78 is 0. The molecule has 80 valence electrons. The number of piperazine rings is 1. The largest absolute Gasteiger partial charge is 0.308 e. The van der Waals surface area contributed by atoms with Gasteiger partial charge in [0.05, 0.1) is 0 Å². The molecule has 1 heterocycles. The van der Waals surface area contributed by atoms with Gasteiger partial charge in [0.25, 0.3) is 0 Å². The van der Waals surface area contributed by atoms with E-state index in [-0.39, 0.29) is 0 Å². The van der Waals surface area contributed by atoms with Crippen LogP contribution in [0, 0.1) is 5.92 Å². The summed E-state index contributed by atoms with van der Waals surface area (Å²) in [5, 5.41) is 7.67. The van der Waals surface area contributed by atoms with Crippen LogP contribution >= 0.6 is 0 Å². The van der Waals surface area contributed by atoms with Gasteiger partial charge in [0.2, 0.25) is 0 Å². The van der Waals surface area contributed by atoms with Gasteiger partial charge in [-0.3, -0.25) is 0 Å². The molecule has 0 aromatic rings. The first-order valence-electron chi connectivity index (χ1n) is 6.23. The molecule has 2 heteroatoms. The lowest BCUT2D eigenvalue weighted by atomic mass is 9.86. The molecule has 3 rings (SSSR count). The van der Waals surface area contributed by atoms with Crippen LogP contribution in [0.2, 0.25) is 0 Å². The van der Waals surface area contributed by atoms with E-state index < -0.39 is 0 Å². The molecule has 0 aromatic carbocycles. The standard InChI is InChI=1S/C12H22N2/c1-11(10-4-5-10)8-14-12(9-13-11)6-2-3-7-12/h10,13-14H,2-9H2,1H3. The molecular weight excluding hydrogens is 172 g/mol. The van der Waals surface area contributed by atoms with E-state index in [1.807, 2.05) is 0 Å². The first-order chi connectivity index (χ1) is 6.73. The fourth-order valence-corrected chi connectivity index (χ4v) is 3.28. The Morgan fingerprint density at radius 3 is 2.21 bits per heavy atom. The zero-order chi connectivity index (χ0) is 9.65. The Morgan fingerprint density at radius 2 is 1.71 bits per heavy atom. The highest BCUT2D eigenvalue weighted by Gasteiger charge is 2.47. The molecule has 2 aliphatic carbocycles. The predicted octanol–water partition coefficient (Wildman–Crippen LogP) is 1.66. The topological polar surface area (TPSA) is 24.1 Å². The van der Waals surface area contributed by atoms with E-state index in [2.05, 4.69) is 17.6 Å². The summed E-state index contributed by atoms with van der Waals surface area (Å²) in [5.74, 6) is 0.953. The normalized spacial score (nSPS) is 41.8. The van der Waals surface area contributed by atoms with Crippen LogP contribution in [0.1, 0.15) is 45.4 Å². The summed E-state index contributed by atoms with van der Waals surface area (Å²) in [6, 6.07) is 0. The van der Waals surface area contributed by atoms with E-state index in [4.69, 9.17) is 0 Å². The second-order valence-electron chi connectivity index (χ2n) is 5.89. The second kappa shape index (κ2) is 2.96. The Hall–Kier alpha value is -0.0800. The lowest BCUT2D eigenvalue weighted by molar-refractivity contribution is 0.163. The minimum Gasteiger partial charge on any atom is -0.308 e. The summed E-state index contributed by atoms with van der Waals surface area (Å²) in [4.78, 5) is 0. The third-order valence-electron chi connectivity index (χ3n) is 4.70. The van der Waals surface area contributed by atoms with Gasteiger partial charge in [0, 0.05) is 24.2 Å². The van der Waals surface area contributed by atoms with Crippen molar-refractivity contribution in [2.45, 2.75) is 56.5 Å². The Kier molecular flexibility index (Phi) is 1.94. The van der Waals surface area contributed by atoms with Gasteiger partial charge in [-0.1, -0.05) is 12.8 Å². The maximum absolute atomic E-state index is 3.84. The number of rotatable bonds is 1. The predicted molar refractivity (Wildman–Crippen MR) is 58.3 cm³/mol. The molecule has 14 heavy (non-hydrogen) atoms. The molecule has 3 fully saturated rings. The van der Waals surface area contributed by atoms with E-state index in [1.54, 1.807) is 0 Å². The van der Waals surface area contributed by atoms with E-state index in [0.717, 1.165) is 5.92 Å². The zero-order valence-electron chi connectivity index (χ0n) is 9.23. The molecule has 0 aromatic heterocycles. The third-order valence-corrected chi connectivity index (χ3v) is 4.70. The monoisotopic (exact) mass is 194 g/mol. The molecule has 1 atom stereocenters. The Bertz CT molecular complexity index is 210. The van der Waals surface area contributed by atoms with Gasteiger partial charge in [-0.25, -0.2) is 0 Å². The van der Waals surface area contributed by atoms with Crippen LogP contribution in [0.5, 0.6) is 0 Å². The van der Waals surface area contributed by atoms with Crippen molar-refractivity contribution in [2.75, 3.05) is 13.1 Å². The summed E-state index contributed by atoms with van der Waals surface area (Å²) in [6.45, 7) is 4.80. The first kappa shape index (κ1) is 9.17. The van der Waals surface area contributed by atoms with Gasteiger partial charge in [-0.05, 0) is 38.5 Å². The maximum atomic E-state index is 3.84. The average Bonchev–Trinajstić information content (AvgIpc) is 2.95. The minimum absolute atomic E-state index is 0.411. The smallest absolute Gasteiger partial charge is 0.0307 e. The van der Waals surface area contributed by atoms with Crippen LogP contribution in [0.25, 0.3) is 0 Å². The van der Waals surface area contributed by atoms with Gasteiger partial charge in [-0.15, -0.1) is 0 Å². The average molecular weight is 194 g/mol. The van der Waals surface area contributed by atoms with Crippen molar-refractivity contribution in [3.63, 3.8) is 0 Å². The fourth-order valence-electron chi connectivity index (χ4n) is 3.28. The quantitative estimate of drug-likeness (QED) is 0.663. The number of hydrogen-bond acceptors (Lipinski definition) is 2. The van der Waals surface area contributed by atoms with Gasteiger partial charge >= 0.3 is 0 Å². The van der Waals surface area contributed by atoms with Crippen LogP contribution in [-0.4, -0.2) is 24.2 Å². The van der Waals surface area contributed by atoms with Gasteiger partial charge in [-0.2, -0.15) is 0 Å². The summed E-state index contributed by atoms with van der Waals surface area (Å²) in [7, 11) is 0. The highest BCUT2D eigenvalue weighted by atomic mass is 15.2. The van der Waals surface area contributed by atoms with E-state index in [0.29, 0.717) is 11.1 Å². The van der Waals surface area contributed by atoms with Gasteiger partial charge in [0.15, 0.2) is 0 Å². The van der Waals surface area contributed by atoms with Crippen molar-refractivity contribution in [3.05, 3.63) is 0 Å². The van der Waals surface area contributed by atoms with Crippen molar-refractivity contribution in [1.29, 1.82) is 0 Å². The minimum atomic E-state index is 0.411. The molecule has 0 bridgehead atoms. The highest BCUT2D eigenvalue weighted by Crippen LogP contribution is 2.42. The van der Waals surface area contributed by atoms with Crippen molar-refractivity contribution in [3.8, 4) is 0 Å². The molecule has 2 N–H and O–H groups in total. The van der Waals surface area contributed by atoms with Crippen molar-refractivity contribution >= 4 is 0 Å². The van der Waals surface area contributed by atoms with E-state index in [9.17, 15) is 0 Å². The molecule has 3 aliphatic rings. The molecule has 0 radical (unpaired) electrons. The molecule has 1 unspecified atom stereocenters. The summed E-state index contributed by atoms with van der Waals surface area (Å²) in [6.07, 6.45) is 8.52. The van der Waals surface area contributed by atoms with Crippen LogP contribution in [-0.2, 0) is 0 Å². The molecular formula is C12H22N2. The van der Waals surface area contributed by atoms with Gasteiger partial charge < -0.3 is 10.6 Å². The molecule has 1 spiro atoms. The fraction of sp³-hybridized carbons (Fsp3) is 1.00.